The van der Waals surface area contributed by atoms with E-state index in [1.54, 1.807) is 0 Å². The standard InChI is InChI=1S/C14H23BrN2/c1-10(14(2,3)4)8-17-9-11-7-12(16)5-6-13(11)15/h5-7,10,17H,8-9,16H2,1-4H3. The highest BCUT2D eigenvalue weighted by molar-refractivity contribution is 9.10. The number of halogens is 1. The lowest BCUT2D eigenvalue weighted by Crippen LogP contribution is -2.29. The van der Waals surface area contributed by atoms with E-state index in [1.165, 1.54) is 5.56 Å². The number of hydrogen-bond acceptors (Lipinski definition) is 2. The average molecular weight is 299 g/mol. The zero-order chi connectivity index (χ0) is 13.1. The van der Waals surface area contributed by atoms with E-state index >= 15 is 0 Å². The molecule has 1 aromatic rings. The third-order valence-electron chi connectivity index (χ3n) is 3.31. The number of nitrogen functional groups attached to an aromatic ring is 1. The molecule has 0 bridgehead atoms. The summed E-state index contributed by atoms with van der Waals surface area (Å²) in [5, 5.41) is 3.49. The molecule has 0 radical (unpaired) electrons. The zero-order valence-corrected chi connectivity index (χ0v) is 12.8. The first-order chi connectivity index (χ1) is 7.80. The Kier molecular flexibility index (Phi) is 5.02. The number of nitrogens with two attached hydrogens (primary N) is 1. The second-order valence-corrected chi connectivity index (χ2v) is 6.60. The molecule has 0 saturated carbocycles. The lowest BCUT2D eigenvalue weighted by molar-refractivity contribution is 0.252. The highest BCUT2D eigenvalue weighted by Crippen LogP contribution is 2.25. The quantitative estimate of drug-likeness (QED) is 0.830. The minimum absolute atomic E-state index is 0.347. The molecule has 1 atom stereocenters. The van der Waals surface area contributed by atoms with Crippen molar-refractivity contribution in [2.45, 2.75) is 34.2 Å². The lowest BCUT2D eigenvalue weighted by atomic mass is 9.82. The van der Waals surface area contributed by atoms with Crippen molar-refractivity contribution in [3.05, 3.63) is 28.2 Å². The van der Waals surface area contributed by atoms with E-state index in [2.05, 4.69) is 48.9 Å². The summed E-state index contributed by atoms with van der Waals surface area (Å²) in [7, 11) is 0. The molecule has 1 unspecified atom stereocenters. The predicted molar refractivity (Wildman–Crippen MR) is 78.9 cm³/mol. The van der Waals surface area contributed by atoms with Crippen LogP contribution < -0.4 is 11.1 Å². The van der Waals surface area contributed by atoms with Crippen molar-refractivity contribution in [2.24, 2.45) is 11.3 Å². The molecule has 0 aromatic heterocycles. The van der Waals surface area contributed by atoms with Gasteiger partial charge in [0.2, 0.25) is 0 Å². The molecule has 1 aromatic carbocycles. The molecular formula is C14H23BrN2. The van der Waals surface area contributed by atoms with Gasteiger partial charge in [0.1, 0.15) is 0 Å². The van der Waals surface area contributed by atoms with Crippen molar-refractivity contribution in [3.8, 4) is 0 Å². The van der Waals surface area contributed by atoms with E-state index in [9.17, 15) is 0 Å². The second kappa shape index (κ2) is 5.87. The maximum atomic E-state index is 5.78. The Hall–Kier alpha value is -0.540. The summed E-state index contributed by atoms with van der Waals surface area (Å²) >= 11 is 3.54. The largest absolute Gasteiger partial charge is 0.399 e. The van der Waals surface area contributed by atoms with Gasteiger partial charge in [0.15, 0.2) is 0 Å². The van der Waals surface area contributed by atoms with Crippen LogP contribution >= 0.6 is 15.9 Å². The van der Waals surface area contributed by atoms with Crippen LogP contribution in [-0.4, -0.2) is 6.54 Å². The molecule has 0 aliphatic carbocycles. The fourth-order valence-electron chi connectivity index (χ4n) is 1.46. The molecule has 0 aliphatic heterocycles. The second-order valence-electron chi connectivity index (χ2n) is 5.75. The summed E-state index contributed by atoms with van der Waals surface area (Å²) in [6, 6.07) is 5.92. The SMILES string of the molecule is CC(CNCc1cc(N)ccc1Br)C(C)(C)C. The van der Waals surface area contributed by atoms with Gasteiger partial charge in [-0.2, -0.15) is 0 Å². The summed E-state index contributed by atoms with van der Waals surface area (Å²) in [5.41, 5.74) is 8.15. The number of anilines is 1. The van der Waals surface area contributed by atoms with Crippen LogP contribution in [0, 0.1) is 11.3 Å². The summed E-state index contributed by atoms with van der Waals surface area (Å²) in [6.45, 7) is 11.0. The van der Waals surface area contributed by atoms with Gasteiger partial charge < -0.3 is 11.1 Å². The van der Waals surface area contributed by atoms with Crippen LogP contribution in [-0.2, 0) is 6.54 Å². The van der Waals surface area contributed by atoms with Gasteiger partial charge in [-0.25, -0.2) is 0 Å². The minimum atomic E-state index is 0.347. The average Bonchev–Trinajstić information content (AvgIpc) is 2.21. The van der Waals surface area contributed by atoms with Crippen LogP contribution in [0.2, 0.25) is 0 Å². The molecule has 0 fully saturated rings. The zero-order valence-electron chi connectivity index (χ0n) is 11.2. The molecule has 3 heteroatoms. The fraction of sp³-hybridized carbons (Fsp3) is 0.571. The van der Waals surface area contributed by atoms with Crippen LogP contribution in [0.5, 0.6) is 0 Å². The van der Waals surface area contributed by atoms with Crippen molar-refractivity contribution in [1.29, 1.82) is 0 Å². The van der Waals surface area contributed by atoms with Crippen LogP contribution in [0.4, 0.5) is 5.69 Å². The first-order valence-electron chi connectivity index (χ1n) is 6.05. The Morgan fingerprint density at radius 2 is 2.00 bits per heavy atom. The highest BCUT2D eigenvalue weighted by atomic mass is 79.9. The fourth-order valence-corrected chi connectivity index (χ4v) is 1.85. The summed E-state index contributed by atoms with van der Waals surface area (Å²) in [5.74, 6) is 0.641. The van der Waals surface area contributed by atoms with Gasteiger partial charge in [0.25, 0.3) is 0 Å². The van der Waals surface area contributed by atoms with Gasteiger partial charge in [0, 0.05) is 16.7 Å². The van der Waals surface area contributed by atoms with Gasteiger partial charge in [-0.3, -0.25) is 0 Å². The highest BCUT2D eigenvalue weighted by Gasteiger charge is 2.19. The van der Waals surface area contributed by atoms with E-state index in [1.807, 2.05) is 18.2 Å². The monoisotopic (exact) mass is 298 g/mol. The molecule has 0 saturated heterocycles. The van der Waals surface area contributed by atoms with Crippen molar-refractivity contribution < 1.29 is 0 Å². The maximum Gasteiger partial charge on any atom is 0.0318 e. The Balaban J connectivity index is 2.49. The molecule has 96 valence electrons. The molecule has 1 rings (SSSR count). The van der Waals surface area contributed by atoms with E-state index in [0.717, 1.165) is 23.2 Å². The Bertz CT molecular complexity index is 369. The van der Waals surface area contributed by atoms with E-state index in [-0.39, 0.29) is 0 Å². The van der Waals surface area contributed by atoms with Gasteiger partial charge in [-0.15, -0.1) is 0 Å². The number of hydrogen-bond donors (Lipinski definition) is 2. The van der Waals surface area contributed by atoms with Crippen molar-refractivity contribution in [3.63, 3.8) is 0 Å². The number of nitrogens with one attached hydrogen (secondary N) is 1. The third-order valence-corrected chi connectivity index (χ3v) is 4.09. The molecule has 0 heterocycles. The van der Waals surface area contributed by atoms with E-state index in [0.29, 0.717) is 11.3 Å². The normalized spacial score (nSPS) is 13.7. The van der Waals surface area contributed by atoms with Crippen LogP contribution in [0.25, 0.3) is 0 Å². The van der Waals surface area contributed by atoms with Crippen LogP contribution in [0.1, 0.15) is 33.3 Å². The van der Waals surface area contributed by atoms with Gasteiger partial charge >= 0.3 is 0 Å². The molecule has 17 heavy (non-hydrogen) atoms. The van der Waals surface area contributed by atoms with E-state index in [4.69, 9.17) is 5.73 Å². The number of benzene rings is 1. The Morgan fingerprint density at radius 3 is 2.59 bits per heavy atom. The summed E-state index contributed by atoms with van der Waals surface area (Å²) in [4.78, 5) is 0. The topological polar surface area (TPSA) is 38.0 Å². The van der Waals surface area contributed by atoms with Gasteiger partial charge in [-0.1, -0.05) is 43.6 Å². The Morgan fingerprint density at radius 1 is 1.35 bits per heavy atom. The maximum absolute atomic E-state index is 5.78. The van der Waals surface area contributed by atoms with Crippen molar-refractivity contribution in [2.75, 3.05) is 12.3 Å². The van der Waals surface area contributed by atoms with Crippen LogP contribution in [0.3, 0.4) is 0 Å². The Labute approximate surface area is 113 Å². The van der Waals surface area contributed by atoms with Gasteiger partial charge in [-0.05, 0) is 41.6 Å². The first kappa shape index (κ1) is 14.5. The van der Waals surface area contributed by atoms with Crippen molar-refractivity contribution >= 4 is 21.6 Å². The smallest absolute Gasteiger partial charge is 0.0318 e. The predicted octanol–water partition coefficient (Wildman–Crippen LogP) is 3.80. The molecular weight excluding hydrogens is 276 g/mol. The molecule has 3 N–H and O–H groups in total. The summed E-state index contributed by atoms with van der Waals surface area (Å²) in [6.07, 6.45) is 0. The first-order valence-corrected chi connectivity index (χ1v) is 6.84. The third kappa shape index (κ3) is 4.68. The number of rotatable bonds is 4. The van der Waals surface area contributed by atoms with E-state index < -0.39 is 0 Å². The molecule has 0 spiro atoms. The van der Waals surface area contributed by atoms with Gasteiger partial charge in [0.05, 0.1) is 0 Å². The molecule has 0 aliphatic rings. The molecule has 0 amide bonds. The minimum Gasteiger partial charge on any atom is -0.399 e. The lowest BCUT2D eigenvalue weighted by Gasteiger charge is -2.27. The van der Waals surface area contributed by atoms with Crippen LogP contribution in [0.15, 0.2) is 22.7 Å². The van der Waals surface area contributed by atoms with Crippen molar-refractivity contribution in [1.82, 2.24) is 5.32 Å². The summed E-state index contributed by atoms with van der Waals surface area (Å²) < 4.78 is 1.11. The molecule has 2 nitrogen and oxygen atoms in total.